The van der Waals surface area contributed by atoms with Crippen LogP contribution in [0.1, 0.15) is 55.5 Å². The molecule has 3 heteroatoms. The van der Waals surface area contributed by atoms with Gasteiger partial charge in [0, 0.05) is 23.8 Å². The summed E-state index contributed by atoms with van der Waals surface area (Å²) in [7, 11) is 0. The smallest absolute Gasteiger partial charge is 0.251 e. The Morgan fingerprint density at radius 3 is 2.80 bits per heavy atom. The molecule has 0 aromatic heterocycles. The minimum absolute atomic E-state index is 0.0752. The van der Waals surface area contributed by atoms with Crippen molar-refractivity contribution in [3.05, 3.63) is 29.3 Å². The van der Waals surface area contributed by atoms with Crippen molar-refractivity contribution in [3.8, 4) is 0 Å². The number of anilines is 1. The number of hydrogen-bond acceptors (Lipinski definition) is 2. The second-order valence-corrected chi connectivity index (χ2v) is 6.96. The molecule has 0 radical (unpaired) electrons. The highest BCUT2D eigenvalue weighted by Gasteiger charge is 2.27. The van der Waals surface area contributed by atoms with Gasteiger partial charge in [-0.25, -0.2) is 0 Å². The summed E-state index contributed by atoms with van der Waals surface area (Å²) in [5.74, 6) is 0.0752. The standard InChI is InChI=1S/C17H24N2O/c1-17(2)8-5-14(6-9-17)19-16(20)13-4-3-12-7-10-18-15(12)11-13/h3-4,11,14,18H,5-10H2,1-2H3,(H,19,20). The van der Waals surface area contributed by atoms with Gasteiger partial charge in [0.1, 0.15) is 0 Å². The fraction of sp³-hybridized carbons (Fsp3) is 0.588. The van der Waals surface area contributed by atoms with Gasteiger partial charge in [-0.2, -0.15) is 0 Å². The molecule has 1 aromatic rings. The third kappa shape index (κ3) is 2.82. The highest BCUT2D eigenvalue weighted by molar-refractivity contribution is 5.95. The topological polar surface area (TPSA) is 41.1 Å². The lowest BCUT2D eigenvalue weighted by molar-refractivity contribution is 0.0909. The highest BCUT2D eigenvalue weighted by atomic mass is 16.1. The van der Waals surface area contributed by atoms with E-state index < -0.39 is 0 Å². The van der Waals surface area contributed by atoms with Crippen molar-refractivity contribution in [2.75, 3.05) is 11.9 Å². The van der Waals surface area contributed by atoms with E-state index in [1.165, 1.54) is 18.4 Å². The Morgan fingerprint density at radius 2 is 2.05 bits per heavy atom. The summed E-state index contributed by atoms with van der Waals surface area (Å²) in [6.07, 6.45) is 5.66. The van der Waals surface area contributed by atoms with E-state index in [0.717, 1.165) is 37.1 Å². The van der Waals surface area contributed by atoms with E-state index in [9.17, 15) is 4.79 Å². The van der Waals surface area contributed by atoms with Crippen LogP contribution >= 0.6 is 0 Å². The van der Waals surface area contributed by atoms with Crippen LogP contribution in [-0.4, -0.2) is 18.5 Å². The zero-order valence-electron chi connectivity index (χ0n) is 12.5. The molecule has 3 rings (SSSR count). The molecule has 1 fully saturated rings. The Morgan fingerprint density at radius 1 is 1.30 bits per heavy atom. The lowest BCUT2D eigenvalue weighted by Gasteiger charge is -2.34. The Balaban J connectivity index is 1.62. The molecule has 1 amide bonds. The molecule has 3 nitrogen and oxygen atoms in total. The third-order valence-electron chi connectivity index (χ3n) is 4.76. The van der Waals surface area contributed by atoms with Gasteiger partial charge in [0.15, 0.2) is 0 Å². The van der Waals surface area contributed by atoms with Crippen molar-refractivity contribution in [3.63, 3.8) is 0 Å². The quantitative estimate of drug-likeness (QED) is 0.867. The predicted molar refractivity (Wildman–Crippen MR) is 82.1 cm³/mol. The summed E-state index contributed by atoms with van der Waals surface area (Å²) >= 11 is 0. The zero-order chi connectivity index (χ0) is 14.2. The number of nitrogens with one attached hydrogen (secondary N) is 2. The van der Waals surface area contributed by atoms with Gasteiger partial charge in [0.25, 0.3) is 5.91 Å². The van der Waals surface area contributed by atoms with Crippen molar-refractivity contribution in [1.29, 1.82) is 0 Å². The van der Waals surface area contributed by atoms with Crippen LogP contribution in [0, 0.1) is 5.41 Å². The average molecular weight is 272 g/mol. The van der Waals surface area contributed by atoms with Crippen molar-refractivity contribution in [2.24, 2.45) is 5.41 Å². The van der Waals surface area contributed by atoms with E-state index in [2.05, 4.69) is 30.5 Å². The molecule has 0 unspecified atom stereocenters. The summed E-state index contributed by atoms with van der Waals surface area (Å²) in [5.41, 5.74) is 3.67. The SMILES string of the molecule is CC1(C)CCC(NC(=O)c2ccc3c(c2)NCC3)CC1. The van der Waals surface area contributed by atoms with E-state index in [0.29, 0.717) is 11.5 Å². The minimum Gasteiger partial charge on any atom is -0.384 e. The minimum atomic E-state index is 0.0752. The fourth-order valence-electron chi connectivity index (χ4n) is 3.24. The average Bonchev–Trinajstić information content (AvgIpc) is 2.88. The van der Waals surface area contributed by atoms with Crippen LogP contribution in [0.3, 0.4) is 0 Å². The van der Waals surface area contributed by atoms with Crippen LogP contribution < -0.4 is 10.6 Å². The summed E-state index contributed by atoms with van der Waals surface area (Å²) in [4.78, 5) is 12.3. The van der Waals surface area contributed by atoms with Crippen molar-refractivity contribution in [2.45, 2.75) is 52.0 Å². The monoisotopic (exact) mass is 272 g/mol. The molecule has 108 valence electrons. The Kier molecular flexibility index (Phi) is 3.45. The van der Waals surface area contributed by atoms with Crippen LogP contribution in [0.15, 0.2) is 18.2 Å². The van der Waals surface area contributed by atoms with Gasteiger partial charge in [0.05, 0.1) is 0 Å². The van der Waals surface area contributed by atoms with E-state index in [-0.39, 0.29) is 5.91 Å². The van der Waals surface area contributed by atoms with E-state index in [1.807, 2.05) is 12.1 Å². The van der Waals surface area contributed by atoms with Crippen molar-refractivity contribution in [1.82, 2.24) is 5.32 Å². The van der Waals surface area contributed by atoms with Crippen LogP contribution in [0.4, 0.5) is 5.69 Å². The first-order chi connectivity index (χ1) is 9.53. The van der Waals surface area contributed by atoms with E-state index in [4.69, 9.17) is 0 Å². The summed E-state index contributed by atoms with van der Waals surface area (Å²) in [6.45, 7) is 5.62. The summed E-state index contributed by atoms with van der Waals surface area (Å²) in [5, 5.41) is 6.53. The van der Waals surface area contributed by atoms with Gasteiger partial charge in [-0.1, -0.05) is 19.9 Å². The zero-order valence-corrected chi connectivity index (χ0v) is 12.5. The Labute approximate surface area is 121 Å². The molecule has 1 aliphatic heterocycles. The largest absolute Gasteiger partial charge is 0.384 e. The lowest BCUT2D eigenvalue weighted by atomic mass is 9.75. The molecule has 0 spiro atoms. The predicted octanol–water partition coefficient (Wildman–Crippen LogP) is 3.35. The van der Waals surface area contributed by atoms with E-state index in [1.54, 1.807) is 0 Å². The molecule has 2 N–H and O–H groups in total. The number of amides is 1. The van der Waals surface area contributed by atoms with Crippen LogP contribution in [0.25, 0.3) is 0 Å². The molecular weight excluding hydrogens is 248 g/mol. The maximum absolute atomic E-state index is 12.3. The molecule has 1 aromatic carbocycles. The molecular formula is C17H24N2O. The number of benzene rings is 1. The molecule has 0 saturated heterocycles. The maximum atomic E-state index is 12.3. The lowest BCUT2D eigenvalue weighted by Crippen LogP contribution is -2.39. The van der Waals surface area contributed by atoms with Crippen LogP contribution in [-0.2, 0) is 6.42 Å². The van der Waals surface area contributed by atoms with Crippen LogP contribution in [0.2, 0.25) is 0 Å². The number of carbonyl (C=O) groups is 1. The summed E-state index contributed by atoms with van der Waals surface area (Å²) < 4.78 is 0. The second-order valence-electron chi connectivity index (χ2n) is 6.96. The summed E-state index contributed by atoms with van der Waals surface area (Å²) in [6, 6.07) is 6.36. The van der Waals surface area contributed by atoms with E-state index >= 15 is 0 Å². The maximum Gasteiger partial charge on any atom is 0.251 e. The highest BCUT2D eigenvalue weighted by Crippen LogP contribution is 2.35. The van der Waals surface area contributed by atoms with Gasteiger partial charge in [-0.15, -0.1) is 0 Å². The first-order valence-electron chi connectivity index (χ1n) is 7.71. The van der Waals surface area contributed by atoms with Gasteiger partial charge in [0.2, 0.25) is 0 Å². The van der Waals surface area contributed by atoms with Gasteiger partial charge < -0.3 is 10.6 Å². The molecule has 2 aliphatic rings. The molecule has 0 atom stereocenters. The second kappa shape index (κ2) is 5.12. The fourth-order valence-corrected chi connectivity index (χ4v) is 3.24. The first kappa shape index (κ1) is 13.5. The van der Waals surface area contributed by atoms with Crippen molar-refractivity contribution < 1.29 is 4.79 Å². The van der Waals surface area contributed by atoms with Gasteiger partial charge in [-0.3, -0.25) is 4.79 Å². The van der Waals surface area contributed by atoms with Gasteiger partial charge in [-0.05, 0) is 55.2 Å². The molecule has 1 heterocycles. The molecule has 0 bridgehead atoms. The Bertz CT molecular complexity index is 512. The Hall–Kier alpha value is -1.51. The number of carbonyl (C=O) groups excluding carboxylic acids is 1. The first-order valence-corrected chi connectivity index (χ1v) is 7.71. The molecule has 1 saturated carbocycles. The van der Waals surface area contributed by atoms with Crippen LogP contribution in [0.5, 0.6) is 0 Å². The van der Waals surface area contributed by atoms with Gasteiger partial charge >= 0.3 is 0 Å². The number of fused-ring (bicyclic) bond motifs is 1. The number of rotatable bonds is 2. The number of hydrogen-bond donors (Lipinski definition) is 2. The third-order valence-corrected chi connectivity index (χ3v) is 4.76. The van der Waals surface area contributed by atoms with Crippen molar-refractivity contribution >= 4 is 11.6 Å². The molecule has 20 heavy (non-hydrogen) atoms. The molecule has 1 aliphatic carbocycles. The normalized spacial score (nSPS) is 21.1.